The van der Waals surface area contributed by atoms with Gasteiger partial charge < -0.3 is 5.11 Å². The van der Waals surface area contributed by atoms with Crippen LogP contribution in [0.2, 0.25) is 5.02 Å². The molecule has 2 rings (SSSR count). The van der Waals surface area contributed by atoms with Gasteiger partial charge in [0.25, 0.3) is 10.0 Å². The number of sulfonamides is 1. The summed E-state index contributed by atoms with van der Waals surface area (Å²) < 4.78 is 53.0. The van der Waals surface area contributed by atoms with Gasteiger partial charge in [-0.15, -0.1) is 0 Å². The number of nitrogens with one attached hydrogen (secondary N) is 1. The number of aliphatic hydroxyl groups excluding tert-OH is 1. The second-order valence-corrected chi connectivity index (χ2v) is 6.21. The summed E-state index contributed by atoms with van der Waals surface area (Å²) in [6, 6.07) is 6.29. The second-order valence-electron chi connectivity index (χ2n) is 4.15. The molecule has 0 saturated carbocycles. The van der Waals surface area contributed by atoms with Crippen molar-refractivity contribution in [3.05, 3.63) is 58.6 Å². The molecule has 0 saturated heterocycles. The van der Waals surface area contributed by atoms with Crippen LogP contribution < -0.4 is 4.72 Å². The van der Waals surface area contributed by atoms with Gasteiger partial charge in [0.05, 0.1) is 17.3 Å². The molecule has 0 atom stereocenters. The van der Waals surface area contributed by atoms with Gasteiger partial charge in [0.1, 0.15) is 16.5 Å². The van der Waals surface area contributed by atoms with Crippen LogP contribution in [0.1, 0.15) is 5.56 Å². The number of hydrogen-bond donors (Lipinski definition) is 2. The van der Waals surface area contributed by atoms with Crippen molar-refractivity contribution in [3.8, 4) is 0 Å². The van der Waals surface area contributed by atoms with Crippen molar-refractivity contribution in [2.24, 2.45) is 0 Å². The van der Waals surface area contributed by atoms with Crippen LogP contribution in [0.4, 0.5) is 14.5 Å². The average molecular weight is 334 g/mol. The lowest BCUT2D eigenvalue weighted by Crippen LogP contribution is -2.15. The summed E-state index contributed by atoms with van der Waals surface area (Å²) >= 11 is 5.72. The molecule has 0 radical (unpaired) electrons. The van der Waals surface area contributed by atoms with Crippen molar-refractivity contribution < 1.29 is 22.3 Å². The molecule has 0 spiro atoms. The first-order chi connectivity index (χ1) is 9.83. The quantitative estimate of drug-likeness (QED) is 0.904. The maximum Gasteiger partial charge on any atom is 0.264 e. The van der Waals surface area contributed by atoms with Crippen molar-refractivity contribution in [2.75, 3.05) is 4.72 Å². The van der Waals surface area contributed by atoms with Crippen molar-refractivity contribution >= 4 is 27.3 Å². The second kappa shape index (κ2) is 5.97. The minimum absolute atomic E-state index is 0.0770. The molecular weight excluding hydrogens is 324 g/mol. The number of rotatable bonds is 4. The van der Waals surface area contributed by atoms with E-state index in [9.17, 15) is 17.2 Å². The Hall–Kier alpha value is -1.70. The Morgan fingerprint density at radius 3 is 2.48 bits per heavy atom. The molecular formula is C13H10ClF2NO3S. The van der Waals surface area contributed by atoms with Gasteiger partial charge in [-0.1, -0.05) is 17.7 Å². The zero-order chi connectivity index (χ0) is 15.6. The van der Waals surface area contributed by atoms with E-state index in [4.69, 9.17) is 16.7 Å². The van der Waals surface area contributed by atoms with Crippen molar-refractivity contribution in [1.82, 2.24) is 0 Å². The number of halogens is 3. The first-order valence-electron chi connectivity index (χ1n) is 5.70. The highest BCUT2D eigenvalue weighted by molar-refractivity contribution is 7.92. The van der Waals surface area contributed by atoms with Crippen LogP contribution in [0.3, 0.4) is 0 Å². The van der Waals surface area contributed by atoms with Gasteiger partial charge in [-0.25, -0.2) is 17.2 Å². The van der Waals surface area contributed by atoms with E-state index in [1.165, 1.54) is 6.07 Å². The molecule has 21 heavy (non-hydrogen) atoms. The minimum Gasteiger partial charge on any atom is -0.392 e. The standard InChI is InChI=1S/C13H10ClF2NO3S/c14-10-6-9(15)2-4-12(10)17-21(19,20)13-5-8(7-18)1-3-11(13)16/h1-6,17-18H,7H2. The summed E-state index contributed by atoms with van der Waals surface area (Å²) in [4.78, 5) is -0.630. The Morgan fingerprint density at radius 1 is 1.14 bits per heavy atom. The highest BCUT2D eigenvalue weighted by atomic mass is 35.5. The summed E-state index contributed by atoms with van der Waals surface area (Å²) in [6.07, 6.45) is 0. The lowest BCUT2D eigenvalue weighted by atomic mass is 10.2. The number of anilines is 1. The van der Waals surface area contributed by atoms with Gasteiger partial charge in [0, 0.05) is 0 Å². The molecule has 0 fully saturated rings. The van der Waals surface area contributed by atoms with Gasteiger partial charge >= 0.3 is 0 Å². The third kappa shape index (κ3) is 3.49. The summed E-state index contributed by atoms with van der Waals surface area (Å²) in [5, 5.41) is 8.83. The molecule has 2 aromatic rings. The first kappa shape index (κ1) is 15.7. The molecule has 0 aromatic heterocycles. The van der Waals surface area contributed by atoms with Crippen LogP contribution in [0.15, 0.2) is 41.3 Å². The molecule has 8 heteroatoms. The maximum atomic E-state index is 13.7. The van der Waals surface area contributed by atoms with Crippen molar-refractivity contribution in [1.29, 1.82) is 0 Å². The lowest BCUT2D eigenvalue weighted by Gasteiger charge is -2.11. The maximum absolute atomic E-state index is 13.7. The topological polar surface area (TPSA) is 66.4 Å². The number of hydrogen-bond acceptors (Lipinski definition) is 3. The van der Waals surface area contributed by atoms with Crippen molar-refractivity contribution in [3.63, 3.8) is 0 Å². The third-order valence-electron chi connectivity index (χ3n) is 2.64. The predicted octanol–water partition coefficient (Wildman–Crippen LogP) is 2.91. The van der Waals surface area contributed by atoms with E-state index in [0.29, 0.717) is 0 Å². The molecule has 0 unspecified atom stereocenters. The highest BCUT2D eigenvalue weighted by Gasteiger charge is 2.21. The summed E-state index contributed by atoms with van der Waals surface area (Å²) in [5.74, 6) is -1.60. The number of benzene rings is 2. The van der Waals surface area contributed by atoms with Gasteiger partial charge in [-0.2, -0.15) is 0 Å². The molecule has 0 aliphatic rings. The zero-order valence-electron chi connectivity index (χ0n) is 10.5. The Kier molecular flexibility index (Phi) is 4.46. The molecule has 0 aliphatic carbocycles. The molecule has 0 bridgehead atoms. The van der Waals surface area contributed by atoms with E-state index in [1.54, 1.807) is 0 Å². The van der Waals surface area contributed by atoms with E-state index >= 15 is 0 Å². The molecule has 112 valence electrons. The lowest BCUT2D eigenvalue weighted by molar-refractivity contribution is 0.281. The van der Waals surface area contributed by atoms with Crippen LogP contribution >= 0.6 is 11.6 Å². The molecule has 0 aliphatic heterocycles. The fourth-order valence-corrected chi connectivity index (χ4v) is 3.10. The van der Waals surface area contributed by atoms with Crippen molar-refractivity contribution in [2.45, 2.75) is 11.5 Å². The molecule has 0 amide bonds. The zero-order valence-corrected chi connectivity index (χ0v) is 12.0. The van der Waals surface area contributed by atoms with Crippen LogP contribution in [-0.2, 0) is 16.6 Å². The normalized spacial score (nSPS) is 11.4. The monoisotopic (exact) mass is 333 g/mol. The summed E-state index contributed by atoms with van der Waals surface area (Å²) in [7, 11) is -4.25. The van der Waals surface area contributed by atoms with Gasteiger partial charge in [0.2, 0.25) is 0 Å². The smallest absolute Gasteiger partial charge is 0.264 e. The van der Waals surface area contributed by atoms with Crippen LogP contribution in [0, 0.1) is 11.6 Å². The Morgan fingerprint density at radius 2 is 1.86 bits per heavy atom. The van der Waals surface area contributed by atoms with Crippen LogP contribution in [0.5, 0.6) is 0 Å². The van der Waals surface area contributed by atoms with Crippen LogP contribution in [0.25, 0.3) is 0 Å². The van der Waals surface area contributed by atoms with E-state index < -0.39 is 33.2 Å². The van der Waals surface area contributed by atoms with E-state index in [1.807, 2.05) is 0 Å². The summed E-state index contributed by atoms with van der Waals surface area (Å²) in [6.45, 7) is -0.430. The predicted molar refractivity (Wildman–Crippen MR) is 74.5 cm³/mol. The molecule has 0 heterocycles. The SMILES string of the molecule is O=S(=O)(Nc1ccc(F)cc1Cl)c1cc(CO)ccc1F. The average Bonchev–Trinajstić information content (AvgIpc) is 2.42. The Balaban J connectivity index is 2.43. The van der Waals surface area contributed by atoms with E-state index in [2.05, 4.69) is 4.72 Å². The third-order valence-corrected chi connectivity index (χ3v) is 4.34. The van der Waals surface area contributed by atoms with E-state index in [0.717, 1.165) is 30.3 Å². The Labute approximate surface area is 125 Å². The Bertz CT molecular complexity index is 781. The molecule has 2 N–H and O–H groups in total. The largest absolute Gasteiger partial charge is 0.392 e. The van der Waals surface area contributed by atoms with Gasteiger partial charge in [0.15, 0.2) is 0 Å². The molecule has 4 nitrogen and oxygen atoms in total. The fraction of sp³-hybridized carbons (Fsp3) is 0.0769. The highest BCUT2D eigenvalue weighted by Crippen LogP contribution is 2.26. The fourth-order valence-electron chi connectivity index (χ4n) is 1.62. The van der Waals surface area contributed by atoms with Crippen LogP contribution in [-0.4, -0.2) is 13.5 Å². The molecule has 2 aromatic carbocycles. The first-order valence-corrected chi connectivity index (χ1v) is 7.57. The van der Waals surface area contributed by atoms with Gasteiger partial charge in [-0.3, -0.25) is 4.72 Å². The van der Waals surface area contributed by atoms with Gasteiger partial charge in [-0.05, 0) is 35.9 Å². The van der Waals surface area contributed by atoms with E-state index in [-0.39, 0.29) is 16.3 Å². The number of aliphatic hydroxyl groups is 1. The summed E-state index contributed by atoms with van der Waals surface area (Å²) in [5.41, 5.74) is 0.161. The minimum atomic E-state index is -4.25.